The Morgan fingerprint density at radius 3 is 2.65 bits per heavy atom. The van der Waals surface area contributed by atoms with Gasteiger partial charge in [0.15, 0.2) is 0 Å². The highest BCUT2D eigenvalue weighted by atomic mass is 16.5. The van der Waals surface area contributed by atoms with E-state index in [1.807, 2.05) is 36.4 Å². The van der Waals surface area contributed by atoms with Crippen LogP contribution in [0.3, 0.4) is 0 Å². The molecule has 1 aromatic heterocycles. The molecule has 0 amide bonds. The van der Waals surface area contributed by atoms with E-state index in [2.05, 4.69) is 15.3 Å². The molecule has 0 atom stereocenters. The second kappa shape index (κ2) is 5.21. The first-order chi connectivity index (χ1) is 9.78. The molecule has 0 saturated carbocycles. The van der Waals surface area contributed by atoms with E-state index >= 15 is 0 Å². The smallest absolute Gasteiger partial charge is 0.141 e. The second-order valence-electron chi connectivity index (χ2n) is 4.32. The number of methoxy groups -OCH3 is 1. The number of rotatable bonds is 3. The van der Waals surface area contributed by atoms with Crippen LogP contribution in [0.15, 0.2) is 48.8 Å². The molecule has 0 fully saturated rings. The zero-order valence-corrected chi connectivity index (χ0v) is 11.0. The van der Waals surface area contributed by atoms with Gasteiger partial charge in [-0.05, 0) is 24.3 Å². The number of aromatic nitrogens is 2. The molecule has 0 aliphatic heterocycles. The Labute approximate surface area is 118 Å². The van der Waals surface area contributed by atoms with Crippen LogP contribution in [0.2, 0.25) is 0 Å². The number of benzene rings is 2. The highest BCUT2D eigenvalue weighted by Gasteiger charge is 2.07. The maximum Gasteiger partial charge on any atom is 0.141 e. The van der Waals surface area contributed by atoms with Crippen molar-refractivity contribution < 1.29 is 4.74 Å². The van der Waals surface area contributed by atoms with Crippen LogP contribution in [0.25, 0.3) is 10.9 Å². The van der Waals surface area contributed by atoms with E-state index in [1.165, 1.54) is 6.33 Å². The molecule has 96 valence electrons. The Bertz CT molecular complexity index is 747. The fourth-order valence-electron chi connectivity index (χ4n) is 2.03. The minimum absolute atomic E-state index is 0.560. The van der Waals surface area contributed by atoms with Crippen LogP contribution in [0.4, 0.5) is 11.5 Å². The lowest BCUT2D eigenvalue weighted by molar-refractivity contribution is 0.419. The number of ether oxygens (including phenoxy) is 1. The maximum absolute atomic E-state index is 5.89. The first-order valence-corrected chi connectivity index (χ1v) is 6.18. The highest BCUT2D eigenvalue weighted by Crippen LogP contribution is 2.25. The van der Waals surface area contributed by atoms with E-state index in [4.69, 9.17) is 12.6 Å². The van der Waals surface area contributed by atoms with Gasteiger partial charge in [-0.25, -0.2) is 9.97 Å². The topological polar surface area (TPSA) is 47.0 Å². The van der Waals surface area contributed by atoms with Gasteiger partial charge < -0.3 is 10.1 Å². The van der Waals surface area contributed by atoms with Crippen LogP contribution < -0.4 is 15.5 Å². The quantitative estimate of drug-likeness (QED) is 0.734. The first-order valence-electron chi connectivity index (χ1n) is 6.18. The Morgan fingerprint density at radius 2 is 1.90 bits per heavy atom. The van der Waals surface area contributed by atoms with Gasteiger partial charge in [-0.1, -0.05) is 23.7 Å². The Balaban J connectivity index is 2.11. The van der Waals surface area contributed by atoms with Crippen molar-refractivity contribution in [3.63, 3.8) is 0 Å². The number of nitrogens with zero attached hydrogens (tertiary/aromatic N) is 2. The Hall–Kier alpha value is -2.56. The van der Waals surface area contributed by atoms with Crippen LogP contribution in [-0.2, 0) is 0 Å². The van der Waals surface area contributed by atoms with E-state index < -0.39 is 0 Å². The minimum Gasteiger partial charge on any atom is -0.497 e. The molecule has 0 saturated heterocycles. The Kier molecular flexibility index (Phi) is 3.25. The molecule has 0 spiro atoms. The molecule has 0 bridgehead atoms. The van der Waals surface area contributed by atoms with Gasteiger partial charge in [0.1, 0.15) is 25.7 Å². The Morgan fingerprint density at radius 1 is 1.10 bits per heavy atom. The summed E-state index contributed by atoms with van der Waals surface area (Å²) < 4.78 is 5.25. The summed E-state index contributed by atoms with van der Waals surface area (Å²) in [6, 6.07) is 13.5. The number of hydrogen-bond donors (Lipinski definition) is 1. The third kappa shape index (κ3) is 2.30. The summed E-state index contributed by atoms with van der Waals surface area (Å²) >= 11 is 0. The number of nitrogens with one attached hydrogen (secondary N) is 1. The highest BCUT2D eigenvalue weighted by molar-refractivity contribution is 6.35. The van der Waals surface area contributed by atoms with E-state index in [1.54, 1.807) is 13.2 Å². The van der Waals surface area contributed by atoms with Crippen molar-refractivity contribution in [3.8, 4) is 5.75 Å². The molecular formula is C15H12BN3O. The third-order valence-electron chi connectivity index (χ3n) is 3.02. The first kappa shape index (κ1) is 12.5. The molecule has 5 heteroatoms. The fraction of sp³-hybridized carbons (Fsp3) is 0.0667. The van der Waals surface area contributed by atoms with Gasteiger partial charge in [0.2, 0.25) is 0 Å². The van der Waals surface area contributed by atoms with Crippen LogP contribution >= 0.6 is 0 Å². The third-order valence-corrected chi connectivity index (χ3v) is 3.02. The largest absolute Gasteiger partial charge is 0.497 e. The molecule has 0 aliphatic carbocycles. The minimum atomic E-state index is 0.560. The van der Waals surface area contributed by atoms with Gasteiger partial charge in [0.25, 0.3) is 0 Å². The summed E-state index contributed by atoms with van der Waals surface area (Å²) in [6.45, 7) is 0. The predicted molar refractivity (Wildman–Crippen MR) is 81.2 cm³/mol. The summed E-state index contributed by atoms with van der Waals surface area (Å²) in [7, 11) is 7.48. The predicted octanol–water partition coefficient (Wildman–Crippen LogP) is 2.18. The van der Waals surface area contributed by atoms with Crippen molar-refractivity contribution in [2.24, 2.45) is 0 Å². The number of para-hydroxylation sites is 1. The monoisotopic (exact) mass is 261 g/mol. The summed E-state index contributed by atoms with van der Waals surface area (Å²) in [4.78, 5) is 8.52. The van der Waals surface area contributed by atoms with Crippen molar-refractivity contribution in [1.82, 2.24) is 9.97 Å². The molecule has 2 radical (unpaired) electrons. The molecule has 2 aromatic carbocycles. The number of hydrogen-bond acceptors (Lipinski definition) is 4. The van der Waals surface area contributed by atoms with Crippen molar-refractivity contribution in [3.05, 3.63) is 48.8 Å². The zero-order valence-electron chi connectivity index (χ0n) is 11.0. The fourth-order valence-corrected chi connectivity index (χ4v) is 2.03. The lowest BCUT2D eigenvalue weighted by Gasteiger charge is -2.11. The molecule has 3 aromatic rings. The van der Waals surface area contributed by atoms with Crippen LogP contribution in [0.5, 0.6) is 5.75 Å². The van der Waals surface area contributed by atoms with Crippen molar-refractivity contribution in [2.75, 3.05) is 12.4 Å². The maximum atomic E-state index is 5.89. The number of anilines is 2. The molecule has 0 aliphatic rings. The summed E-state index contributed by atoms with van der Waals surface area (Å²) in [5.74, 6) is 1.34. The molecule has 0 unspecified atom stereocenters. The van der Waals surface area contributed by atoms with E-state index in [9.17, 15) is 0 Å². The molecule has 4 nitrogen and oxygen atoms in total. The lowest BCUT2D eigenvalue weighted by Crippen LogP contribution is -2.08. The lowest BCUT2D eigenvalue weighted by atomic mass is 9.93. The summed E-state index contributed by atoms with van der Waals surface area (Å²) in [6.07, 6.45) is 1.51. The van der Waals surface area contributed by atoms with Crippen LogP contribution in [0, 0.1) is 0 Å². The van der Waals surface area contributed by atoms with E-state index in [0.29, 0.717) is 11.2 Å². The summed E-state index contributed by atoms with van der Waals surface area (Å²) in [5, 5.41) is 4.13. The van der Waals surface area contributed by atoms with E-state index in [0.717, 1.165) is 22.4 Å². The molecule has 1 heterocycles. The molecular weight excluding hydrogens is 249 g/mol. The SMILES string of the molecule is [B]c1cc2ncnc(Nc3ccccc3)c2cc1OC. The van der Waals surface area contributed by atoms with Gasteiger partial charge in [-0.15, -0.1) is 0 Å². The second-order valence-corrected chi connectivity index (χ2v) is 4.32. The van der Waals surface area contributed by atoms with Crippen molar-refractivity contribution in [2.45, 2.75) is 0 Å². The number of fused-ring (bicyclic) bond motifs is 1. The molecule has 1 N–H and O–H groups in total. The normalized spacial score (nSPS) is 10.4. The van der Waals surface area contributed by atoms with Gasteiger partial charge in [0.05, 0.1) is 12.6 Å². The van der Waals surface area contributed by atoms with Gasteiger partial charge in [-0.3, -0.25) is 0 Å². The van der Waals surface area contributed by atoms with Gasteiger partial charge in [0, 0.05) is 11.1 Å². The van der Waals surface area contributed by atoms with Crippen molar-refractivity contribution >= 4 is 35.7 Å². The summed E-state index contributed by atoms with van der Waals surface area (Å²) in [5.41, 5.74) is 2.30. The average molecular weight is 261 g/mol. The van der Waals surface area contributed by atoms with Gasteiger partial charge >= 0.3 is 0 Å². The standard InChI is InChI=1S/C15H12BN3O/c1-20-14-7-11-13(8-12(14)16)17-9-18-15(11)19-10-5-3-2-4-6-10/h2-9H,1H3,(H,17,18,19). The zero-order chi connectivity index (χ0) is 13.9. The van der Waals surface area contributed by atoms with Gasteiger partial charge in [-0.2, -0.15) is 0 Å². The van der Waals surface area contributed by atoms with Crippen molar-refractivity contribution in [1.29, 1.82) is 0 Å². The van der Waals surface area contributed by atoms with Crippen LogP contribution in [-0.4, -0.2) is 24.9 Å². The van der Waals surface area contributed by atoms with Crippen LogP contribution in [0.1, 0.15) is 0 Å². The molecule has 3 rings (SSSR count). The molecule has 20 heavy (non-hydrogen) atoms. The van der Waals surface area contributed by atoms with E-state index in [-0.39, 0.29) is 0 Å². The average Bonchev–Trinajstić information content (AvgIpc) is 2.48.